The molecule has 4 heterocycles. The van der Waals surface area contributed by atoms with E-state index in [1.54, 1.807) is 0 Å². The second kappa shape index (κ2) is 8.43. The molecular weight excluding hydrogens is 392 g/mol. The van der Waals surface area contributed by atoms with Crippen molar-refractivity contribution in [2.45, 2.75) is 30.8 Å². The molecule has 164 valence electrons. The molecule has 2 aromatic carbocycles. The summed E-state index contributed by atoms with van der Waals surface area (Å²) >= 11 is 0. The van der Waals surface area contributed by atoms with Crippen molar-refractivity contribution >= 4 is 11.4 Å². The fraction of sp³-hybridized carbons (Fsp3) is 0.520. The molecule has 0 aromatic heterocycles. The summed E-state index contributed by atoms with van der Waals surface area (Å²) in [6, 6.07) is 17.9. The van der Waals surface area contributed by atoms with Gasteiger partial charge in [0.25, 0.3) is 0 Å². The Morgan fingerprint density at radius 3 is 1.06 bits per heavy atom. The molecule has 4 atom stereocenters. The van der Waals surface area contributed by atoms with Crippen LogP contribution in [0.3, 0.4) is 0 Å². The van der Waals surface area contributed by atoms with E-state index in [0.29, 0.717) is 24.4 Å². The largest absolute Gasteiger partial charge is 0.371 e. The molecule has 0 unspecified atom stereocenters. The lowest BCUT2D eigenvalue weighted by atomic mass is 10.0. The normalized spacial score (nSPS) is 27.6. The summed E-state index contributed by atoms with van der Waals surface area (Å²) in [5, 5.41) is 0. The van der Waals surface area contributed by atoms with Crippen molar-refractivity contribution < 1.29 is 18.9 Å². The summed E-state index contributed by atoms with van der Waals surface area (Å²) in [5.74, 6) is 0. The van der Waals surface area contributed by atoms with Gasteiger partial charge >= 0.3 is 0 Å². The first kappa shape index (κ1) is 19.6. The molecule has 6 nitrogen and oxygen atoms in total. The molecule has 4 saturated heterocycles. The van der Waals surface area contributed by atoms with Gasteiger partial charge in [0, 0.05) is 37.6 Å². The molecule has 4 aliphatic heterocycles. The van der Waals surface area contributed by atoms with Crippen molar-refractivity contribution in [1.82, 2.24) is 0 Å². The molecule has 0 saturated carbocycles. The van der Waals surface area contributed by atoms with Crippen LogP contribution in [0, 0.1) is 0 Å². The first-order valence-electron chi connectivity index (χ1n) is 11.4. The quantitative estimate of drug-likeness (QED) is 0.490. The van der Waals surface area contributed by atoms with Crippen molar-refractivity contribution in [2.75, 3.05) is 62.4 Å². The molecular formula is C25H30N2O4. The predicted octanol–water partition coefficient (Wildman–Crippen LogP) is 2.49. The van der Waals surface area contributed by atoms with Gasteiger partial charge in [-0.05, 0) is 41.8 Å². The number of rotatable bonds is 12. The monoisotopic (exact) mass is 422 g/mol. The highest BCUT2D eigenvalue weighted by Crippen LogP contribution is 2.25. The Labute approximate surface area is 183 Å². The lowest BCUT2D eigenvalue weighted by Crippen LogP contribution is -2.31. The van der Waals surface area contributed by atoms with Crippen LogP contribution in [0.2, 0.25) is 0 Å². The van der Waals surface area contributed by atoms with Gasteiger partial charge in [0.2, 0.25) is 0 Å². The second-order valence-electron chi connectivity index (χ2n) is 9.14. The van der Waals surface area contributed by atoms with Crippen LogP contribution in [-0.2, 0) is 25.4 Å². The van der Waals surface area contributed by atoms with Crippen LogP contribution in [0.4, 0.5) is 11.4 Å². The predicted molar refractivity (Wildman–Crippen MR) is 119 cm³/mol. The zero-order chi connectivity index (χ0) is 20.6. The van der Waals surface area contributed by atoms with Gasteiger partial charge in [-0.2, -0.15) is 0 Å². The standard InChI is InChI=1S/C25H30N2O4/c1-5-20(26(10-22-14-28-22)11-23-15-29-23)6-2-18(1)9-19-3-7-21(8-4-19)27(12-24-16-30-24)13-25-17-31-25/h1-8,22-25H,9-17H2/t22-,23-,24-,25-/m0/s1. The van der Waals surface area contributed by atoms with Gasteiger partial charge < -0.3 is 28.7 Å². The Morgan fingerprint density at radius 1 is 0.516 bits per heavy atom. The van der Waals surface area contributed by atoms with E-state index in [2.05, 4.69) is 58.3 Å². The Balaban J connectivity index is 1.08. The van der Waals surface area contributed by atoms with Crippen molar-refractivity contribution in [3.05, 3.63) is 59.7 Å². The van der Waals surface area contributed by atoms with Gasteiger partial charge in [0.1, 0.15) is 0 Å². The number of hydrogen-bond acceptors (Lipinski definition) is 6. The molecule has 4 aliphatic rings. The van der Waals surface area contributed by atoms with E-state index < -0.39 is 0 Å². The summed E-state index contributed by atoms with van der Waals surface area (Å²) in [6.45, 7) is 7.35. The maximum absolute atomic E-state index is 5.44. The zero-order valence-electron chi connectivity index (χ0n) is 17.8. The summed E-state index contributed by atoms with van der Waals surface area (Å²) in [4.78, 5) is 4.80. The van der Waals surface area contributed by atoms with E-state index in [1.165, 1.54) is 22.5 Å². The highest BCUT2D eigenvalue weighted by molar-refractivity contribution is 5.51. The maximum Gasteiger partial charge on any atom is 0.0984 e. The van der Waals surface area contributed by atoms with Crippen LogP contribution in [0.5, 0.6) is 0 Å². The number of epoxide rings is 4. The third kappa shape index (κ3) is 5.57. The van der Waals surface area contributed by atoms with Crippen LogP contribution in [-0.4, -0.2) is 77.0 Å². The lowest BCUT2D eigenvalue weighted by molar-refractivity contribution is 0.388. The van der Waals surface area contributed by atoms with Gasteiger partial charge in [-0.1, -0.05) is 24.3 Å². The van der Waals surface area contributed by atoms with E-state index in [-0.39, 0.29) is 0 Å². The topological polar surface area (TPSA) is 56.6 Å². The highest BCUT2D eigenvalue weighted by atomic mass is 16.6. The van der Waals surface area contributed by atoms with Gasteiger partial charge in [-0.3, -0.25) is 0 Å². The van der Waals surface area contributed by atoms with E-state index >= 15 is 0 Å². The minimum absolute atomic E-state index is 0.384. The minimum atomic E-state index is 0.384. The summed E-state index contributed by atoms with van der Waals surface area (Å²) in [7, 11) is 0. The Bertz CT molecular complexity index is 770. The number of nitrogens with zero attached hydrogens (tertiary/aromatic N) is 2. The molecule has 0 bridgehead atoms. The Kier molecular flexibility index (Phi) is 5.32. The molecule has 31 heavy (non-hydrogen) atoms. The van der Waals surface area contributed by atoms with E-state index in [1.807, 2.05) is 0 Å². The van der Waals surface area contributed by atoms with Crippen LogP contribution >= 0.6 is 0 Å². The number of benzene rings is 2. The van der Waals surface area contributed by atoms with E-state index in [9.17, 15) is 0 Å². The molecule has 0 radical (unpaired) electrons. The van der Waals surface area contributed by atoms with Crippen molar-refractivity contribution in [2.24, 2.45) is 0 Å². The van der Waals surface area contributed by atoms with Gasteiger partial charge in [-0.15, -0.1) is 0 Å². The van der Waals surface area contributed by atoms with Crippen molar-refractivity contribution in [3.8, 4) is 0 Å². The number of anilines is 2. The average Bonchev–Trinajstić information content (AvgIpc) is 3.63. The molecule has 6 rings (SSSR count). The Hall–Kier alpha value is -2.12. The highest BCUT2D eigenvalue weighted by Gasteiger charge is 2.32. The van der Waals surface area contributed by atoms with Crippen molar-refractivity contribution in [1.29, 1.82) is 0 Å². The van der Waals surface area contributed by atoms with Crippen LogP contribution in [0.25, 0.3) is 0 Å². The van der Waals surface area contributed by atoms with Gasteiger partial charge in [-0.25, -0.2) is 0 Å². The average molecular weight is 423 g/mol. The first-order chi connectivity index (χ1) is 15.3. The second-order valence-corrected chi connectivity index (χ2v) is 9.14. The third-order valence-electron chi connectivity index (χ3n) is 6.32. The smallest absolute Gasteiger partial charge is 0.0984 e. The minimum Gasteiger partial charge on any atom is -0.371 e. The molecule has 0 aliphatic carbocycles. The third-order valence-corrected chi connectivity index (χ3v) is 6.32. The fourth-order valence-corrected chi connectivity index (χ4v) is 4.13. The molecule has 0 spiro atoms. The van der Waals surface area contributed by atoms with E-state index in [0.717, 1.165) is 59.0 Å². The van der Waals surface area contributed by atoms with Crippen LogP contribution in [0.1, 0.15) is 11.1 Å². The molecule has 6 heteroatoms. The number of hydrogen-bond donors (Lipinski definition) is 0. The van der Waals surface area contributed by atoms with E-state index in [4.69, 9.17) is 18.9 Å². The molecule has 4 fully saturated rings. The fourth-order valence-electron chi connectivity index (χ4n) is 4.13. The Morgan fingerprint density at radius 2 is 0.806 bits per heavy atom. The molecule has 2 aromatic rings. The summed E-state index contributed by atoms with van der Waals surface area (Å²) in [5.41, 5.74) is 5.17. The zero-order valence-corrected chi connectivity index (χ0v) is 17.8. The SMILES string of the molecule is c1cc(N(C[C@H]2CO2)C[C@H]2CO2)ccc1Cc1ccc(N(C[C@H]2CO2)C[C@H]2CO2)cc1. The first-order valence-corrected chi connectivity index (χ1v) is 11.4. The van der Waals surface area contributed by atoms with Gasteiger partial charge in [0.15, 0.2) is 0 Å². The lowest BCUT2D eigenvalue weighted by Gasteiger charge is -2.24. The molecule has 0 amide bonds. The van der Waals surface area contributed by atoms with Crippen LogP contribution in [0.15, 0.2) is 48.5 Å². The van der Waals surface area contributed by atoms with Gasteiger partial charge in [0.05, 0.1) is 50.8 Å². The van der Waals surface area contributed by atoms with Crippen LogP contribution < -0.4 is 9.80 Å². The summed E-state index contributed by atoms with van der Waals surface area (Å²) < 4.78 is 21.8. The number of ether oxygens (including phenoxy) is 4. The van der Waals surface area contributed by atoms with Crippen molar-refractivity contribution in [3.63, 3.8) is 0 Å². The summed E-state index contributed by atoms with van der Waals surface area (Å²) in [6.07, 6.45) is 2.48. The molecule has 0 N–H and O–H groups in total. The maximum atomic E-state index is 5.44.